The first-order valence-electron chi connectivity index (χ1n) is 7.55. The molecule has 0 rings (SSSR count). The molecule has 3 N–H and O–H groups in total. The Morgan fingerprint density at radius 3 is 2.40 bits per heavy atom. The number of carbonyl (C=O) groups is 1. The Hall–Kier alpha value is -0.810. The lowest BCUT2D eigenvalue weighted by atomic mass is 10.1. The molecule has 1 atom stereocenters. The van der Waals surface area contributed by atoms with Crippen molar-refractivity contribution < 1.29 is 14.6 Å². The first kappa shape index (κ1) is 19.2. The molecule has 0 saturated carbocycles. The van der Waals surface area contributed by atoms with Crippen molar-refractivity contribution in [3.05, 3.63) is 0 Å². The number of ether oxygens (including phenoxy) is 1. The number of alkyl carbamates (subject to hydrolysis) is 1. The molecule has 0 heterocycles. The van der Waals surface area contributed by atoms with Crippen molar-refractivity contribution >= 4 is 6.09 Å². The summed E-state index contributed by atoms with van der Waals surface area (Å²) in [6.45, 7) is 11.5. The van der Waals surface area contributed by atoms with Gasteiger partial charge in [0.15, 0.2) is 0 Å². The fourth-order valence-electron chi connectivity index (χ4n) is 1.68. The predicted molar refractivity (Wildman–Crippen MR) is 81.8 cm³/mol. The molecule has 0 aliphatic rings. The number of carbonyl (C=O) groups excluding carboxylic acids is 1. The number of nitrogens with one attached hydrogen (secondary N) is 2. The highest BCUT2D eigenvalue weighted by Gasteiger charge is 2.15. The third kappa shape index (κ3) is 12.2. The number of rotatable bonds is 9. The Labute approximate surface area is 123 Å². The molecule has 20 heavy (non-hydrogen) atoms. The molecule has 0 aromatic heterocycles. The van der Waals surface area contributed by atoms with Gasteiger partial charge in [0.1, 0.15) is 5.60 Å². The van der Waals surface area contributed by atoms with E-state index in [-0.39, 0.29) is 18.7 Å². The van der Waals surface area contributed by atoms with Crippen molar-refractivity contribution in [1.29, 1.82) is 0 Å². The lowest BCUT2D eigenvalue weighted by Gasteiger charge is -2.20. The third-order valence-electron chi connectivity index (χ3n) is 2.68. The molecule has 0 aliphatic carbocycles. The van der Waals surface area contributed by atoms with E-state index < -0.39 is 5.60 Å². The summed E-state index contributed by atoms with van der Waals surface area (Å²) in [5.41, 5.74) is -0.452. The highest BCUT2D eigenvalue weighted by molar-refractivity contribution is 5.67. The molecular weight excluding hydrogens is 256 g/mol. The predicted octanol–water partition coefficient (Wildman–Crippen LogP) is 2.29. The number of aliphatic hydroxyl groups is 1. The van der Waals surface area contributed by atoms with Crippen molar-refractivity contribution in [2.45, 2.75) is 65.5 Å². The second kappa shape index (κ2) is 10.00. The van der Waals surface area contributed by atoms with E-state index in [2.05, 4.69) is 24.5 Å². The van der Waals surface area contributed by atoms with E-state index in [1.165, 1.54) is 0 Å². The van der Waals surface area contributed by atoms with Crippen LogP contribution in [-0.4, -0.2) is 42.5 Å². The monoisotopic (exact) mass is 288 g/mol. The Kier molecular flexibility index (Phi) is 9.59. The Balaban J connectivity index is 3.61. The Bertz CT molecular complexity index is 262. The lowest BCUT2D eigenvalue weighted by Crippen LogP contribution is -2.35. The van der Waals surface area contributed by atoms with E-state index in [1.807, 2.05) is 20.8 Å². The van der Waals surface area contributed by atoms with Crippen LogP contribution in [-0.2, 0) is 4.74 Å². The van der Waals surface area contributed by atoms with Crippen LogP contribution in [0.15, 0.2) is 0 Å². The van der Waals surface area contributed by atoms with Crippen LogP contribution >= 0.6 is 0 Å². The van der Waals surface area contributed by atoms with E-state index in [1.54, 1.807) is 0 Å². The van der Waals surface area contributed by atoms with Crippen LogP contribution in [0.25, 0.3) is 0 Å². The molecule has 0 bridgehead atoms. The molecule has 5 heteroatoms. The molecule has 1 unspecified atom stereocenters. The van der Waals surface area contributed by atoms with E-state index in [0.29, 0.717) is 12.5 Å². The zero-order valence-corrected chi connectivity index (χ0v) is 13.7. The molecule has 0 spiro atoms. The van der Waals surface area contributed by atoms with Crippen molar-refractivity contribution in [3.63, 3.8) is 0 Å². The molecule has 0 fully saturated rings. The molecule has 0 aromatic carbocycles. The van der Waals surface area contributed by atoms with Gasteiger partial charge in [0, 0.05) is 12.6 Å². The summed E-state index contributed by atoms with van der Waals surface area (Å²) in [5, 5.41) is 15.3. The van der Waals surface area contributed by atoms with Crippen LogP contribution in [0.5, 0.6) is 0 Å². The van der Waals surface area contributed by atoms with Gasteiger partial charge < -0.3 is 20.5 Å². The summed E-state index contributed by atoms with van der Waals surface area (Å²) in [4.78, 5) is 11.4. The molecular formula is C15H32N2O3. The zero-order valence-electron chi connectivity index (χ0n) is 13.7. The minimum absolute atomic E-state index is 0.152. The van der Waals surface area contributed by atoms with Gasteiger partial charge in [-0.25, -0.2) is 4.79 Å². The molecule has 0 aromatic rings. The first-order chi connectivity index (χ1) is 9.24. The zero-order chi connectivity index (χ0) is 15.6. The molecule has 0 saturated heterocycles. The normalized spacial score (nSPS) is 13.3. The fourth-order valence-corrected chi connectivity index (χ4v) is 1.68. The van der Waals surface area contributed by atoms with Crippen LogP contribution in [0.4, 0.5) is 4.79 Å². The van der Waals surface area contributed by atoms with Gasteiger partial charge >= 0.3 is 6.09 Å². The van der Waals surface area contributed by atoms with Crippen molar-refractivity contribution in [2.24, 2.45) is 5.92 Å². The van der Waals surface area contributed by atoms with Crippen molar-refractivity contribution in [2.75, 3.05) is 19.7 Å². The summed E-state index contributed by atoms with van der Waals surface area (Å²) in [6.07, 6.45) is 2.40. The van der Waals surface area contributed by atoms with Gasteiger partial charge in [-0.15, -0.1) is 0 Å². The van der Waals surface area contributed by atoms with E-state index in [9.17, 15) is 9.90 Å². The highest BCUT2D eigenvalue weighted by atomic mass is 16.6. The molecule has 0 aliphatic heterocycles. The van der Waals surface area contributed by atoms with Gasteiger partial charge in [0.25, 0.3) is 0 Å². The topological polar surface area (TPSA) is 70.6 Å². The van der Waals surface area contributed by atoms with E-state index in [0.717, 1.165) is 25.8 Å². The van der Waals surface area contributed by atoms with Gasteiger partial charge in [0.2, 0.25) is 0 Å². The van der Waals surface area contributed by atoms with Crippen molar-refractivity contribution in [3.8, 4) is 0 Å². The van der Waals surface area contributed by atoms with Crippen LogP contribution in [0, 0.1) is 5.92 Å². The van der Waals surface area contributed by atoms with Gasteiger partial charge in [-0.2, -0.15) is 0 Å². The molecule has 0 radical (unpaired) electrons. The molecule has 120 valence electrons. The maximum atomic E-state index is 11.4. The van der Waals surface area contributed by atoms with Crippen molar-refractivity contribution in [1.82, 2.24) is 10.6 Å². The van der Waals surface area contributed by atoms with Gasteiger partial charge in [-0.3, -0.25) is 0 Å². The number of unbranched alkanes of at least 4 members (excludes halogenated alkanes) is 1. The standard InChI is InChI=1S/C15H32N2O3/c1-12(2)10-17-13(11-18)8-6-7-9-16-14(19)20-15(3,4)5/h12-13,17-18H,6-11H2,1-5H3,(H,16,19). The summed E-state index contributed by atoms with van der Waals surface area (Å²) < 4.78 is 5.15. The Morgan fingerprint density at radius 2 is 1.90 bits per heavy atom. The highest BCUT2D eigenvalue weighted by Crippen LogP contribution is 2.06. The minimum atomic E-state index is -0.452. The molecule has 5 nitrogen and oxygen atoms in total. The first-order valence-corrected chi connectivity index (χ1v) is 7.55. The summed E-state index contributed by atoms with van der Waals surface area (Å²) in [6, 6.07) is 0.152. The number of aliphatic hydroxyl groups excluding tert-OH is 1. The second-order valence-corrected chi connectivity index (χ2v) is 6.61. The average molecular weight is 288 g/mol. The Morgan fingerprint density at radius 1 is 1.25 bits per heavy atom. The summed E-state index contributed by atoms with van der Waals surface area (Å²) in [7, 11) is 0. The maximum Gasteiger partial charge on any atom is 0.407 e. The van der Waals surface area contributed by atoms with Crippen LogP contribution in [0.1, 0.15) is 53.9 Å². The fraction of sp³-hybridized carbons (Fsp3) is 0.933. The van der Waals surface area contributed by atoms with Gasteiger partial charge in [-0.05, 0) is 46.1 Å². The number of amides is 1. The smallest absolute Gasteiger partial charge is 0.407 e. The van der Waals surface area contributed by atoms with E-state index >= 15 is 0 Å². The number of hydrogen-bond acceptors (Lipinski definition) is 4. The third-order valence-corrected chi connectivity index (χ3v) is 2.68. The SMILES string of the molecule is CC(C)CNC(CO)CCCCNC(=O)OC(C)(C)C. The van der Waals surface area contributed by atoms with Crippen LogP contribution in [0.3, 0.4) is 0 Å². The largest absolute Gasteiger partial charge is 0.444 e. The van der Waals surface area contributed by atoms with E-state index in [4.69, 9.17) is 4.74 Å². The quantitative estimate of drug-likeness (QED) is 0.569. The van der Waals surface area contributed by atoms with Gasteiger partial charge in [0.05, 0.1) is 6.61 Å². The number of hydrogen-bond donors (Lipinski definition) is 3. The van der Waals surface area contributed by atoms with Gasteiger partial charge in [-0.1, -0.05) is 20.3 Å². The second-order valence-electron chi connectivity index (χ2n) is 6.61. The summed E-state index contributed by atoms with van der Waals surface area (Å²) in [5.74, 6) is 0.581. The van der Waals surface area contributed by atoms with Crippen LogP contribution < -0.4 is 10.6 Å². The van der Waals surface area contributed by atoms with Crippen LogP contribution in [0.2, 0.25) is 0 Å². The average Bonchev–Trinajstić information content (AvgIpc) is 2.30. The lowest BCUT2D eigenvalue weighted by molar-refractivity contribution is 0.0526. The maximum absolute atomic E-state index is 11.4. The summed E-state index contributed by atoms with van der Waals surface area (Å²) >= 11 is 0. The molecule has 1 amide bonds. The minimum Gasteiger partial charge on any atom is -0.444 e.